The minimum atomic E-state index is -2.99. The van der Waals surface area contributed by atoms with E-state index in [0.717, 1.165) is 0 Å². The topological polar surface area (TPSA) is 70.2 Å². The van der Waals surface area contributed by atoms with Crippen molar-refractivity contribution in [2.24, 2.45) is 0 Å². The second kappa shape index (κ2) is 4.52. The molecule has 0 atom stereocenters. The quantitative estimate of drug-likeness (QED) is 0.832. The van der Waals surface area contributed by atoms with Crippen molar-refractivity contribution in [3.63, 3.8) is 0 Å². The van der Waals surface area contributed by atoms with Crippen molar-refractivity contribution in [3.8, 4) is 0 Å². The van der Waals surface area contributed by atoms with E-state index >= 15 is 0 Å². The van der Waals surface area contributed by atoms with E-state index in [2.05, 4.69) is 20.9 Å². The van der Waals surface area contributed by atoms with E-state index < -0.39 is 23.5 Å². The summed E-state index contributed by atoms with van der Waals surface area (Å²) in [4.78, 5) is 23.8. The standard InChI is InChI=1S/C8H6BrF2NO3/c9-2-5-3(8(14)15)1-4(6(10)11)7(13)12-5/h1,6H,2H2,(H,12,13)(H,14,15). The molecule has 1 rings (SSSR count). The Balaban J connectivity index is 3.44. The van der Waals surface area contributed by atoms with Gasteiger partial charge in [-0.3, -0.25) is 4.79 Å². The molecule has 0 aliphatic carbocycles. The molecule has 1 aromatic rings. The smallest absolute Gasteiger partial charge is 0.337 e. The number of alkyl halides is 3. The molecule has 1 aromatic heterocycles. The summed E-state index contributed by atoms with van der Waals surface area (Å²) in [5.41, 5.74) is -2.07. The van der Waals surface area contributed by atoms with Gasteiger partial charge in [-0.05, 0) is 6.07 Å². The maximum absolute atomic E-state index is 12.3. The Kier molecular flexibility index (Phi) is 3.57. The van der Waals surface area contributed by atoms with E-state index in [0.29, 0.717) is 6.07 Å². The highest BCUT2D eigenvalue weighted by molar-refractivity contribution is 9.08. The van der Waals surface area contributed by atoms with E-state index in [1.54, 1.807) is 0 Å². The van der Waals surface area contributed by atoms with Crippen molar-refractivity contribution in [2.45, 2.75) is 11.8 Å². The lowest BCUT2D eigenvalue weighted by Crippen LogP contribution is -2.18. The lowest BCUT2D eigenvalue weighted by Gasteiger charge is -2.05. The number of aromatic carboxylic acids is 1. The number of aromatic amines is 1. The summed E-state index contributed by atoms with van der Waals surface area (Å²) in [6.07, 6.45) is -2.99. The maximum Gasteiger partial charge on any atom is 0.337 e. The number of carboxylic acids is 1. The number of hydrogen-bond donors (Lipinski definition) is 2. The molecule has 15 heavy (non-hydrogen) atoms. The van der Waals surface area contributed by atoms with Crippen LogP contribution in [0.3, 0.4) is 0 Å². The van der Waals surface area contributed by atoms with Gasteiger partial charge in [0.25, 0.3) is 12.0 Å². The van der Waals surface area contributed by atoms with E-state index in [4.69, 9.17) is 5.11 Å². The fourth-order valence-corrected chi connectivity index (χ4v) is 1.49. The first-order chi connectivity index (χ1) is 6.97. The molecule has 0 fully saturated rings. The third-order valence-corrected chi connectivity index (χ3v) is 2.31. The van der Waals surface area contributed by atoms with Gasteiger partial charge >= 0.3 is 5.97 Å². The summed E-state index contributed by atoms with van der Waals surface area (Å²) >= 11 is 2.95. The van der Waals surface area contributed by atoms with E-state index in [1.807, 2.05) is 0 Å². The van der Waals surface area contributed by atoms with Crippen molar-refractivity contribution >= 4 is 21.9 Å². The highest BCUT2D eigenvalue weighted by Crippen LogP contribution is 2.18. The number of rotatable bonds is 3. The van der Waals surface area contributed by atoms with Gasteiger partial charge in [-0.25, -0.2) is 13.6 Å². The Hall–Kier alpha value is -1.24. The van der Waals surface area contributed by atoms with Crippen LogP contribution < -0.4 is 5.56 Å². The normalized spacial score (nSPS) is 10.7. The average molecular weight is 282 g/mol. The van der Waals surface area contributed by atoms with Gasteiger partial charge < -0.3 is 10.1 Å². The number of H-pyrrole nitrogens is 1. The predicted molar refractivity (Wildman–Crippen MR) is 51.6 cm³/mol. The number of pyridine rings is 1. The molecule has 4 nitrogen and oxygen atoms in total. The van der Waals surface area contributed by atoms with Gasteiger partial charge in [0.05, 0.1) is 11.1 Å². The lowest BCUT2D eigenvalue weighted by molar-refractivity contribution is 0.0695. The first-order valence-electron chi connectivity index (χ1n) is 3.81. The fourth-order valence-electron chi connectivity index (χ4n) is 1.04. The Morgan fingerprint density at radius 1 is 1.60 bits per heavy atom. The monoisotopic (exact) mass is 281 g/mol. The summed E-state index contributed by atoms with van der Waals surface area (Å²) in [5.74, 6) is -1.36. The van der Waals surface area contributed by atoms with Crippen LogP contribution >= 0.6 is 15.9 Å². The molecule has 0 bridgehead atoms. The third-order valence-electron chi connectivity index (χ3n) is 1.75. The van der Waals surface area contributed by atoms with Gasteiger partial charge in [0.15, 0.2) is 0 Å². The molecule has 0 amide bonds. The maximum atomic E-state index is 12.3. The molecule has 0 spiro atoms. The molecule has 0 aliphatic heterocycles. The van der Waals surface area contributed by atoms with Crippen molar-refractivity contribution in [1.82, 2.24) is 4.98 Å². The highest BCUT2D eigenvalue weighted by Gasteiger charge is 2.18. The molecule has 0 radical (unpaired) electrons. The zero-order valence-electron chi connectivity index (χ0n) is 7.26. The Labute approximate surface area is 91.1 Å². The van der Waals surface area contributed by atoms with Crippen LogP contribution in [0.1, 0.15) is 28.0 Å². The lowest BCUT2D eigenvalue weighted by atomic mass is 10.1. The van der Waals surface area contributed by atoms with Crippen LogP contribution in [0, 0.1) is 0 Å². The molecule has 0 aromatic carbocycles. The van der Waals surface area contributed by atoms with Gasteiger partial charge in [0.2, 0.25) is 0 Å². The molecule has 2 N–H and O–H groups in total. The largest absolute Gasteiger partial charge is 0.478 e. The number of nitrogens with one attached hydrogen (secondary N) is 1. The SMILES string of the molecule is O=C(O)c1cc(C(F)F)c(=O)[nH]c1CBr. The number of carboxylic acid groups (broad SMARTS) is 1. The molecule has 1 heterocycles. The number of hydrogen-bond acceptors (Lipinski definition) is 2. The van der Waals surface area contributed by atoms with Crippen LogP contribution in [0.2, 0.25) is 0 Å². The molecular formula is C8H6BrF2NO3. The van der Waals surface area contributed by atoms with Gasteiger partial charge in [-0.1, -0.05) is 15.9 Å². The van der Waals surface area contributed by atoms with Gasteiger partial charge in [0, 0.05) is 11.0 Å². The van der Waals surface area contributed by atoms with E-state index in [9.17, 15) is 18.4 Å². The minimum absolute atomic E-state index is 0.0666. The molecule has 82 valence electrons. The molecule has 0 unspecified atom stereocenters. The van der Waals surface area contributed by atoms with Crippen molar-refractivity contribution < 1.29 is 18.7 Å². The number of carbonyl (C=O) groups is 1. The number of aromatic nitrogens is 1. The zero-order chi connectivity index (χ0) is 11.6. The first-order valence-corrected chi connectivity index (χ1v) is 4.93. The van der Waals surface area contributed by atoms with Gasteiger partial charge in [-0.2, -0.15) is 0 Å². The van der Waals surface area contributed by atoms with Crippen LogP contribution in [0.5, 0.6) is 0 Å². The molecule has 0 saturated carbocycles. The Morgan fingerprint density at radius 3 is 2.60 bits per heavy atom. The van der Waals surface area contributed by atoms with Crippen molar-refractivity contribution in [1.29, 1.82) is 0 Å². The molecule has 7 heteroatoms. The second-order valence-electron chi connectivity index (χ2n) is 2.69. The van der Waals surface area contributed by atoms with Crippen LogP contribution in [-0.4, -0.2) is 16.1 Å². The fraction of sp³-hybridized carbons (Fsp3) is 0.250. The summed E-state index contributed by atoms with van der Waals surface area (Å²) in [5, 5.41) is 8.78. The number of halogens is 3. The molecule has 0 aliphatic rings. The zero-order valence-corrected chi connectivity index (χ0v) is 8.85. The third kappa shape index (κ3) is 2.41. The average Bonchev–Trinajstić information content (AvgIpc) is 2.16. The first kappa shape index (κ1) is 11.8. The van der Waals surface area contributed by atoms with Crippen LogP contribution in [-0.2, 0) is 5.33 Å². The Morgan fingerprint density at radius 2 is 2.20 bits per heavy atom. The predicted octanol–water partition coefficient (Wildman–Crippen LogP) is 1.91. The molecular weight excluding hydrogens is 276 g/mol. The van der Waals surface area contributed by atoms with Crippen LogP contribution in [0.25, 0.3) is 0 Å². The van der Waals surface area contributed by atoms with Crippen molar-refractivity contribution in [3.05, 3.63) is 33.2 Å². The summed E-state index contributed by atoms with van der Waals surface area (Å²) in [6, 6.07) is 0.697. The van der Waals surface area contributed by atoms with E-state index in [1.165, 1.54) is 0 Å². The Bertz CT molecular complexity index is 444. The second-order valence-corrected chi connectivity index (χ2v) is 3.25. The summed E-state index contributed by atoms with van der Waals surface area (Å²) < 4.78 is 24.6. The van der Waals surface area contributed by atoms with Crippen LogP contribution in [0.15, 0.2) is 10.9 Å². The van der Waals surface area contributed by atoms with Crippen LogP contribution in [0.4, 0.5) is 8.78 Å². The summed E-state index contributed by atoms with van der Waals surface area (Å²) in [6.45, 7) is 0. The minimum Gasteiger partial charge on any atom is -0.478 e. The highest BCUT2D eigenvalue weighted by atomic mass is 79.9. The summed E-state index contributed by atoms with van der Waals surface area (Å²) in [7, 11) is 0. The molecule has 0 saturated heterocycles. The van der Waals surface area contributed by atoms with Gasteiger partial charge in [0.1, 0.15) is 0 Å². The van der Waals surface area contributed by atoms with E-state index in [-0.39, 0.29) is 16.6 Å². The van der Waals surface area contributed by atoms with Crippen molar-refractivity contribution in [2.75, 3.05) is 0 Å². The van der Waals surface area contributed by atoms with Gasteiger partial charge in [-0.15, -0.1) is 0 Å².